The molecular formula is C24H27N3OS. The summed E-state index contributed by atoms with van der Waals surface area (Å²) in [6.07, 6.45) is 8.78. The zero-order valence-corrected chi connectivity index (χ0v) is 17.8. The predicted octanol–water partition coefficient (Wildman–Crippen LogP) is 5.07. The van der Waals surface area contributed by atoms with Crippen LogP contribution in [0.25, 0.3) is 0 Å². The number of hydrogen-bond donors (Lipinski definition) is 0. The van der Waals surface area contributed by atoms with E-state index in [1.807, 2.05) is 36.1 Å². The number of nitriles is 1. The number of amides is 1. The molecule has 150 valence electrons. The van der Waals surface area contributed by atoms with Crippen LogP contribution < -0.4 is 4.90 Å². The Labute approximate surface area is 177 Å². The molecule has 29 heavy (non-hydrogen) atoms. The standard InChI is InChI=1S/C24H27N3OS/c1-17(24(28)27-14-8-11-18-9-6-7-13-22(18)27)29-23-20(16-25)15-19-10-4-2-3-5-12-21(19)26-23/h6-7,9,13,15,17H,2-5,8,10-12,14H2,1H3. The van der Waals surface area contributed by atoms with E-state index in [4.69, 9.17) is 4.98 Å². The number of carbonyl (C=O) groups excluding carboxylic acids is 1. The molecule has 2 aromatic rings. The fourth-order valence-corrected chi connectivity index (χ4v) is 5.30. The van der Waals surface area contributed by atoms with Crippen LogP contribution in [0, 0.1) is 11.3 Å². The molecule has 0 N–H and O–H groups in total. The van der Waals surface area contributed by atoms with Gasteiger partial charge in [0.25, 0.3) is 0 Å². The molecule has 0 fully saturated rings. The average Bonchev–Trinajstić information content (AvgIpc) is 2.73. The van der Waals surface area contributed by atoms with Crippen LogP contribution in [0.1, 0.15) is 61.4 Å². The van der Waals surface area contributed by atoms with E-state index in [2.05, 4.69) is 12.1 Å². The molecule has 0 bridgehead atoms. The molecule has 0 spiro atoms. The van der Waals surface area contributed by atoms with Gasteiger partial charge in [0.05, 0.1) is 10.8 Å². The van der Waals surface area contributed by atoms with E-state index in [0.29, 0.717) is 10.6 Å². The van der Waals surface area contributed by atoms with E-state index >= 15 is 0 Å². The first-order valence-electron chi connectivity index (χ1n) is 10.7. The molecule has 0 saturated heterocycles. The number of anilines is 1. The molecule has 1 aliphatic heterocycles. The van der Waals surface area contributed by atoms with Crippen molar-refractivity contribution in [3.63, 3.8) is 0 Å². The van der Waals surface area contributed by atoms with Crippen molar-refractivity contribution < 1.29 is 4.79 Å². The van der Waals surface area contributed by atoms with Crippen molar-refractivity contribution in [3.8, 4) is 6.07 Å². The molecule has 1 aliphatic carbocycles. The van der Waals surface area contributed by atoms with Crippen molar-refractivity contribution in [2.75, 3.05) is 11.4 Å². The highest BCUT2D eigenvalue weighted by Crippen LogP contribution is 2.33. The Hall–Kier alpha value is -2.32. The van der Waals surface area contributed by atoms with E-state index in [0.717, 1.165) is 56.5 Å². The Kier molecular flexibility index (Phi) is 6.20. The lowest BCUT2D eigenvalue weighted by Crippen LogP contribution is -2.40. The van der Waals surface area contributed by atoms with Gasteiger partial charge in [-0.3, -0.25) is 4.79 Å². The number of aryl methyl sites for hydroxylation is 3. The largest absolute Gasteiger partial charge is 0.311 e. The summed E-state index contributed by atoms with van der Waals surface area (Å²) >= 11 is 1.43. The van der Waals surface area contributed by atoms with Crippen LogP contribution in [-0.2, 0) is 24.1 Å². The van der Waals surface area contributed by atoms with Gasteiger partial charge in [0.15, 0.2) is 0 Å². The molecule has 1 aromatic heterocycles. The zero-order valence-electron chi connectivity index (χ0n) is 17.0. The number of fused-ring (bicyclic) bond motifs is 2. The summed E-state index contributed by atoms with van der Waals surface area (Å²) in [6, 6.07) is 12.5. The van der Waals surface area contributed by atoms with Crippen LogP contribution in [0.5, 0.6) is 0 Å². The van der Waals surface area contributed by atoms with Gasteiger partial charge in [-0.2, -0.15) is 5.26 Å². The van der Waals surface area contributed by atoms with Crippen molar-refractivity contribution >= 4 is 23.4 Å². The molecule has 1 atom stereocenters. The molecule has 2 heterocycles. The fraction of sp³-hybridized carbons (Fsp3) is 0.458. The third kappa shape index (κ3) is 4.33. The maximum Gasteiger partial charge on any atom is 0.240 e. The molecular weight excluding hydrogens is 378 g/mol. The number of rotatable bonds is 3. The van der Waals surface area contributed by atoms with Crippen molar-refractivity contribution in [2.45, 2.75) is 68.6 Å². The molecule has 4 rings (SSSR count). The first-order chi connectivity index (χ1) is 14.2. The third-order valence-corrected chi connectivity index (χ3v) is 6.99. The zero-order chi connectivity index (χ0) is 20.2. The van der Waals surface area contributed by atoms with Crippen molar-refractivity contribution in [3.05, 3.63) is 52.7 Å². The van der Waals surface area contributed by atoms with Crippen molar-refractivity contribution in [2.24, 2.45) is 0 Å². The second kappa shape index (κ2) is 9.00. The van der Waals surface area contributed by atoms with Crippen LogP contribution in [-0.4, -0.2) is 22.7 Å². The lowest BCUT2D eigenvalue weighted by molar-refractivity contribution is -0.117. The number of nitrogens with zero attached hydrogens (tertiary/aromatic N) is 3. The van der Waals surface area contributed by atoms with E-state index in [1.165, 1.54) is 35.7 Å². The Morgan fingerprint density at radius 2 is 1.86 bits per heavy atom. The normalized spacial score (nSPS) is 17.3. The molecule has 1 amide bonds. The highest BCUT2D eigenvalue weighted by atomic mass is 32.2. The number of aromatic nitrogens is 1. The number of hydrogen-bond acceptors (Lipinski definition) is 4. The van der Waals surface area contributed by atoms with Gasteiger partial charge in [-0.25, -0.2) is 4.98 Å². The predicted molar refractivity (Wildman–Crippen MR) is 117 cm³/mol. The van der Waals surface area contributed by atoms with Gasteiger partial charge < -0.3 is 4.90 Å². The summed E-state index contributed by atoms with van der Waals surface area (Å²) in [6.45, 7) is 2.69. The molecule has 0 radical (unpaired) electrons. The Morgan fingerprint density at radius 1 is 1.10 bits per heavy atom. The highest BCUT2D eigenvalue weighted by Gasteiger charge is 2.28. The van der Waals surface area contributed by atoms with Gasteiger partial charge in [0.2, 0.25) is 5.91 Å². The minimum absolute atomic E-state index is 0.0968. The van der Waals surface area contributed by atoms with Crippen LogP contribution in [0.3, 0.4) is 0 Å². The minimum Gasteiger partial charge on any atom is -0.311 e. The Balaban J connectivity index is 1.57. The van der Waals surface area contributed by atoms with Crippen LogP contribution in [0.4, 0.5) is 5.69 Å². The average molecular weight is 406 g/mol. The number of thioether (sulfide) groups is 1. The lowest BCUT2D eigenvalue weighted by atomic mass is 9.96. The second-order valence-electron chi connectivity index (χ2n) is 7.96. The van der Waals surface area contributed by atoms with Gasteiger partial charge in [0.1, 0.15) is 11.1 Å². The van der Waals surface area contributed by atoms with E-state index in [9.17, 15) is 10.1 Å². The highest BCUT2D eigenvalue weighted by molar-refractivity contribution is 8.00. The van der Waals surface area contributed by atoms with Gasteiger partial charge in [-0.05, 0) is 68.7 Å². The number of para-hydroxylation sites is 1. The number of pyridine rings is 1. The van der Waals surface area contributed by atoms with E-state index in [-0.39, 0.29) is 11.2 Å². The summed E-state index contributed by atoms with van der Waals surface area (Å²) < 4.78 is 0. The van der Waals surface area contributed by atoms with Crippen molar-refractivity contribution in [1.82, 2.24) is 4.98 Å². The van der Waals surface area contributed by atoms with Gasteiger partial charge in [-0.1, -0.05) is 42.8 Å². The molecule has 4 nitrogen and oxygen atoms in total. The summed E-state index contributed by atoms with van der Waals surface area (Å²) in [5.74, 6) is 0.0968. The van der Waals surface area contributed by atoms with Gasteiger partial charge in [0, 0.05) is 17.9 Å². The Bertz CT molecular complexity index is 950. The van der Waals surface area contributed by atoms with Crippen LogP contribution in [0.2, 0.25) is 0 Å². The summed E-state index contributed by atoms with van der Waals surface area (Å²) in [4.78, 5) is 20.0. The van der Waals surface area contributed by atoms with E-state index in [1.54, 1.807) is 0 Å². The first-order valence-corrected chi connectivity index (χ1v) is 11.5. The molecule has 2 aliphatic rings. The quantitative estimate of drug-likeness (QED) is 0.669. The second-order valence-corrected chi connectivity index (χ2v) is 9.28. The smallest absolute Gasteiger partial charge is 0.240 e. The topological polar surface area (TPSA) is 57.0 Å². The molecule has 1 aromatic carbocycles. The number of benzene rings is 1. The monoisotopic (exact) mass is 405 g/mol. The summed E-state index contributed by atoms with van der Waals surface area (Å²) in [5, 5.41) is 10.1. The maximum absolute atomic E-state index is 13.2. The SMILES string of the molecule is CC(Sc1nc2c(cc1C#N)CCCCCC2)C(=O)N1CCCc2ccccc21. The summed E-state index contributed by atoms with van der Waals surface area (Å²) in [7, 11) is 0. The van der Waals surface area contributed by atoms with E-state index < -0.39 is 0 Å². The molecule has 5 heteroatoms. The maximum atomic E-state index is 13.2. The molecule has 0 saturated carbocycles. The Morgan fingerprint density at radius 3 is 2.69 bits per heavy atom. The van der Waals surface area contributed by atoms with Crippen LogP contribution in [0.15, 0.2) is 35.4 Å². The van der Waals surface area contributed by atoms with Gasteiger partial charge >= 0.3 is 0 Å². The first kappa shape index (κ1) is 20.0. The molecule has 1 unspecified atom stereocenters. The summed E-state index contributed by atoms with van der Waals surface area (Å²) in [5.41, 5.74) is 5.21. The third-order valence-electron chi connectivity index (χ3n) is 5.90. The minimum atomic E-state index is -0.285. The fourth-order valence-electron chi connectivity index (χ4n) is 4.34. The number of carbonyl (C=O) groups is 1. The van der Waals surface area contributed by atoms with Crippen LogP contribution >= 0.6 is 11.8 Å². The lowest BCUT2D eigenvalue weighted by Gasteiger charge is -2.31. The van der Waals surface area contributed by atoms with Crippen molar-refractivity contribution in [1.29, 1.82) is 5.26 Å². The van der Waals surface area contributed by atoms with Gasteiger partial charge in [-0.15, -0.1) is 0 Å².